The van der Waals surface area contributed by atoms with E-state index in [-0.39, 0.29) is 11.6 Å². The minimum Gasteiger partial charge on any atom is -0.489 e. The van der Waals surface area contributed by atoms with Gasteiger partial charge in [0.25, 0.3) is 0 Å². The molecule has 2 aromatic carbocycles. The van der Waals surface area contributed by atoms with Gasteiger partial charge in [-0.05, 0) is 47.0 Å². The van der Waals surface area contributed by atoms with Crippen molar-refractivity contribution in [1.29, 1.82) is 0 Å². The standard InChI is InChI=1S/C21H19F4NO3.C2H6/c22-16-3-1-14(2-4-16)20-15(12-26-7-9-27-10-8-26)13-28-19-6-5-17(11-18(19)20)29-21(23,24)25;1-2/h1-6,11H,7-10,12-13H2;1-2H3. The summed E-state index contributed by atoms with van der Waals surface area (Å²) < 4.78 is 66.8. The number of morpholine rings is 1. The van der Waals surface area contributed by atoms with Crippen molar-refractivity contribution in [2.24, 2.45) is 0 Å². The smallest absolute Gasteiger partial charge is 0.489 e. The Balaban J connectivity index is 0.00000132. The molecule has 1 saturated heterocycles. The SMILES string of the molecule is CC.Fc1ccc(C2=C(CN3CCOCC3)COc3ccc(OC(F)(F)F)cc32)cc1. The molecule has 0 unspecified atom stereocenters. The molecule has 2 aliphatic rings. The number of hydrogen-bond donors (Lipinski definition) is 0. The molecule has 0 saturated carbocycles. The van der Waals surface area contributed by atoms with Gasteiger partial charge in [-0.2, -0.15) is 0 Å². The summed E-state index contributed by atoms with van der Waals surface area (Å²) in [6, 6.07) is 9.92. The highest BCUT2D eigenvalue weighted by Crippen LogP contribution is 2.40. The van der Waals surface area contributed by atoms with E-state index in [0.717, 1.165) is 24.2 Å². The summed E-state index contributed by atoms with van der Waals surface area (Å²) in [4.78, 5) is 2.20. The third-order valence-corrected chi connectivity index (χ3v) is 4.86. The zero-order valence-corrected chi connectivity index (χ0v) is 17.5. The molecule has 0 radical (unpaired) electrons. The maximum Gasteiger partial charge on any atom is 0.573 e. The van der Waals surface area contributed by atoms with Gasteiger partial charge in [-0.1, -0.05) is 26.0 Å². The van der Waals surface area contributed by atoms with Gasteiger partial charge in [0.2, 0.25) is 0 Å². The Bertz CT molecular complexity index is 904. The number of nitrogens with zero attached hydrogens (tertiary/aromatic N) is 1. The molecule has 168 valence electrons. The van der Waals surface area contributed by atoms with Gasteiger partial charge in [-0.25, -0.2) is 4.39 Å². The fourth-order valence-electron chi connectivity index (χ4n) is 3.59. The Labute approximate surface area is 179 Å². The molecule has 0 atom stereocenters. The van der Waals surface area contributed by atoms with Crippen LogP contribution in [0.5, 0.6) is 11.5 Å². The predicted molar refractivity (Wildman–Crippen MR) is 110 cm³/mol. The monoisotopic (exact) mass is 439 g/mol. The van der Waals surface area contributed by atoms with Crippen molar-refractivity contribution in [3.05, 3.63) is 65.0 Å². The van der Waals surface area contributed by atoms with Crippen molar-refractivity contribution in [2.75, 3.05) is 39.5 Å². The molecule has 0 aromatic heterocycles. The van der Waals surface area contributed by atoms with Crippen molar-refractivity contribution in [3.8, 4) is 11.5 Å². The first-order valence-corrected chi connectivity index (χ1v) is 10.2. The number of benzene rings is 2. The fourth-order valence-corrected chi connectivity index (χ4v) is 3.59. The summed E-state index contributed by atoms with van der Waals surface area (Å²) in [6.07, 6.45) is -4.79. The van der Waals surface area contributed by atoms with Crippen LogP contribution in [0.2, 0.25) is 0 Å². The maximum atomic E-state index is 13.5. The third-order valence-electron chi connectivity index (χ3n) is 4.86. The van der Waals surface area contributed by atoms with Gasteiger partial charge in [-0.15, -0.1) is 13.2 Å². The van der Waals surface area contributed by atoms with Crippen molar-refractivity contribution in [3.63, 3.8) is 0 Å². The average Bonchev–Trinajstić information content (AvgIpc) is 2.75. The Morgan fingerprint density at radius 2 is 1.68 bits per heavy atom. The minimum absolute atomic E-state index is 0.302. The predicted octanol–water partition coefficient (Wildman–Crippen LogP) is 5.28. The van der Waals surface area contributed by atoms with Gasteiger partial charge >= 0.3 is 6.36 Å². The molecule has 4 nitrogen and oxygen atoms in total. The summed E-state index contributed by atoms with van der Waals surface area (Å²) in [5, 5.41) is 0. The van der Waals surface area contributed by atoms with E-state index in [0.29, 0.717) is 43.2 Å². The second-order valence-electron chi connectivity index (χ2n) is 6.87. The molecule has 2 heterocycles. The van der Waals surface area contributed by atoms with Crippen LogP contribution in [0.15, 0.2) is 48.0 Å². The molecule has 0 bridgehead atoms. The van der Waals surface area contributed by atoms with E-state index in [9.17, 15) is 17.6 Å². The summed E-state index contributed by atoms with van der Waals surface area (Å²) >= 11 is 0. The van der Waals surface area contributed by atoms with E-state index < -0.39 is 6.36 Å². The normalized spacial score (nSPS) is 16.7. The Kier molecular flexibility index (Phi) is 7.56. The lowest BCUT2D eigenvalue weighted by atomic mass is 9.90. The van der Waals surface area contributed by atoms with Gasteiger partial charge < -0.3 is 14.2 Å². The highest BCUT2D eigenvalue weighted by atomic mass is 19.4. The van der Waals surface area contributed by atoms with Crippen LogP contribution < -0.4 is 9.47 Å². The molecular formula is C23H25F4NO3. The number of fused-ring (bicyclic) bond motifs is 1. The molecule has 0 aliphatic carbocycles. The third kappa shape index (κ3) is 5.98. The van der Waals surface area contributed by atoms with E-state index in [1.54, 1.807) is 12.1 Å². The molecule has 4 rings (SSSR count). The van der Waals surface area contributed by atoms with Gasteiger partial charge in [0.1, 0.15) is 23.9 Å². The highest BCUT2D eigenvalue weighted by Gasteiger charge is 2.32. The minimum atomic E-state index is -4.79. The zero-order valence-electron chi connectivity index (χ0n) is 17.5. The van der Waals surface area contributed by atoms with E-state index in [2.05, 4.69) is 9.64 Å². The first-order valence-electron chi connectivity index (χ1n) is 10.2. The topological polar surface area (TPSA) is 30.9 Å². The average molecular weight is 439 g/mol. The molecule has 0 N–H and O–H groups in total. The fraction of sp³-hybridized carbons (Fsp3) is 0.391. The summed E-state index contributed by atoms with van der Waals surface area (Å²) in [5.41, 5.74) is 2.86. The van der Waals surface area contributed by atoms with Crippen LogP contribution in [0, 0.1) is 5.82 Å². The van der Waals surface area contributed by atoms with Crippen molar-refractivity contribution in [1.82, 2.24) is 4.90 Å². The van der Waals surface area contributed by atoms with Crippen molar-refractivity contribution >= 4 is 5.57 Å². The molecule has 0 spiro atoms. The van der Waals surface area contributed by atoms with Crippen LogP contribution in [0.1, 0.15) is 25.0 Å². The Morgan fingerprint density at radius 1 is 1.00 bits per heavy atom. The van der Waals surface area contributed by atoms with E-state index >= 15 is 0 Å². The van der Waals surface area contributed by atoms with Crippen LogP contribution in [0.4, 0.5) is 17.6 Å². The van der Waals surface area contributed by atoms with Crippen LogP contribution in [0.25, 0.3) is 5.57 Å². The number of hydrogen-bond acceptors (Lipinski definition) is 4. The second kappa shape index (κ2) is 10.2. The summed E-state index contributed by atoms with van der Waals surface area (Å²) in [6.45, 7) is 7.64. The van der Waals surface area contributed by atoms with E-state index in [1.807, 2.05) is 13.8 Å². The first-order chi connectivity index (χ1) is 14.9. The van der Waals surface area contributed by atoms with Crippen LogP contribution >= 0.6 is 0 Å². The molecule has 0 amide bonds. The largest absolute Gasteiger partial charge is 0.573 e. The zero-order chi connectivity index (χ0) is 22.4. The second-order valence-corrected chi connectivity index (χ2v) is 6.87. The van der Waals surface area contributed by atoms with E-state index in [4.69, 9.17) is 9.47 Å². The number of alkyl halides is 3. The Morgan fingerprint density at radius 3 is 2.32 bits per heavy atom. The summed E-state index contributed by atoms with van der Waals surface area (Å²) in [5.74, 6) is -0.248. The van der Waals surface area contributed by atoms with Crippen LogP contribution in [-0.2, 0) is 4.74 Å². The molecule has 31 heavy (non-hydrogen) atoms. The number of rotatable bonds is 4. The lowest BCUT2D eigenvalue weighted by Gasteiger charge is -2.31. The lowest BCUT2D eigenvalue weighted by molar-refractivity contribution is -0.274. The van der Waals surface area contributed by atoms with Crippen molar-refractivity contribution in [2.45, 2.75) is 20.2 Å². The van der Waals surface area contributed by atoms with Gasteiger partial charge in [0.05, 0.1) is 13.2 Å². The number of halogens is 4. The Hall–Kier alpha value is -2.58. The van der Waals surface area contributed by atoms with Crippen LogP contribution in [0.3, 0.4) is 0 Å². The highest BCUT2D eigenvalue weighted by molar-refractivity contribution is 5.87. The maximum absolute atomic E-state index is 13.5. The van der Waals surface area contributed by atoms with Gasteiger partial charge in [0, 0.05) is 25.2 Å². The van der Waals surface area contributed by atoms with Crippen molar-refractivity contribution < 1.29 is 31.8 Å². The molecule has 1 fully saturated rings. The van der Waals surface area contributed by atoms with Gasteiger partial charge in [-0.3, -0.25) is 4.90 Å². The number of ether oxygens (including phenoxy) is 3. The van der Waals surface area contributed by atoms with Crippen LogP contribution in [-0.4, -0.2) is 50.7 Å². The molecular weight excluding hydrogens is 414 g/mol. The van der Waals surface area contributed by atoms with E-state index in [1.165, 1.54) is 30.3 Å². The lowest BCUT2D eigenvalue weighted by Crippen LogP contribution is -2.38. The molecule has 8 heteroatoms. The van der Waals surface area contributed by atoms with Gasteiger partial charge in [0.15, 0.2) is 0 Å². The first kappa shape index (κ1) is 23.1. The summed E-state index contributed by atoms with van der Waals surface area (Å²) in [7, 11) is 0. The molecule has 2 aromatic rings. The quantitative estimate of drug-likeness (QED) is 0.607. The molecule has 2 aliphatic heterocycles.